The van der Waals surface area contributed by atoms with Crippen molar-refractivity contribution in [3.05, 3.63) is 42.2 Å². The predicted molar refractivity (Wildman–Crippen MR) is 55.7 cm³/mol. The van der Waals surface area contributed by atoms with Crippen molar-refractivity contribution in [3.63, 3.8) is 0 Å². The van der Waals surface area contributed by atoms with Gasteiger partial charge in [-0.2, -0.15) is 0 Å². The number of nitrogens with zero attached hydrogens (tertiary/aromatic N) is 2. The number of aromatic nitrogens is 2. The van der Waals surface area contributed by atoms with Crippen LogP contribution in [-0.4, -0.2) is 21.7 Å². The van der Waals surface area contributed by atoms with E-state index < -0.39 is 0 Å². The van der Waals surface area contributed by atoms with Crippen LogP contribution < -0.4 is 0 Å². The highest BCUT2D eigenvalue weighted by molar-refractivity contribution is 5.76. The Morgan fingerprint density at radius 2 is 1.93 bits per heavy atom. The van der Waals surface area contributed by atoms with Gasteiger partial charge >= 0.3 is 0 Å². The van der Waals surface area contributed by atoms with Crippen LogP contribution in [0.5, 0.6) is 0 Å². The summed E-state index contributed by atoms with van der Waals surface area (Å²) >= 11 is 0. The molecular weight excluding hydrogens is 176 g/mol. The topological polar surface area (TPSA) is 46.0 Å². The third-order valence-corrected chi connectivity index (χ3v) is 1.91. The normalized spacial score (nSPS) is 11.2. The summed E-state index contributed by atoms with van der Waals surface area (Å²) in [5, 5.41) is 8.63. The van der Waals surface area contributed by atoms with Crippen molar-refractivity contribution in [2.24, 2.45) is 0 Å². The Morgan fingerprint density at radius 1 is 1.14 bits per heavy atom. The van der Waals surface area contributed by atoms with Crippen LogP contribution in [0.15, 0.2) is 36.7 Å². The Morgan fingerprint density at radius 3 is 2.71 bits per heavy atom. The van der Waals surface area contributed by atoms with Gasteiger partial charge in [-0.15, -0.1) is 0 Å². The summed E-state index contributed by atoms with van der Waals surface area (Å²) < 4.78 is 0. The second-order valence-corrected chi connectivity index (χ2v) is 2.89. The van der Waals surface area contributed by atoms with E-state index in [9.17, 15) is 0 Å². The zero-order valence-corrected chi connectivity index (χ0v) is 7.59. The first kappa shape index (κ1) is 8.84. The number of hydrogen-bond acceptors (Lipinski definition) is 3. The van der Waals surface area contributed by atoms with Gasteiger partial charge in [0.25, 0.3) is 0 Å². The molecule has 0 atom stereocenters. The second-order valence-electron chi connectivity index (χ2n) is 2.89. The molecule has 1 aromatic heterocycles. The summed E-state index contributed by atoms with van der Waals surface area (Å²) in [6, 6.07) is 5.80. The first-order valence-corrected chi connectivity index (χ1v) is 4.38. The van der Waals surface area contributed by atoms with Crippen molar-refractivity contribution < 1.29 is 5.11 Å². The van der Waals surface area contributed by atoms with Gasteiger partial charge in [0, 0.05) is 12.4 Å². The van der Waals surface area contributed by atoms with Gasteiger partial charge < -0.3 is 5.11 Å². The Bertz CT molecular complexity index is 466. The van der Waals surface area contributed by atoms with E-state index in [4.69, 9.17) is 5.11 Å². The average molecular weight is 186 g/mol. The molecule has 0 radical (unpaired) electrons. The molecule has 0 spiro atoms. The fraction of sp³-hybridized carbons (Fsp3) is 0.0909. The van der Waals surface area contributed by atoms with Crippen molar-refractivity contribution in [2.45, 2.75) is 0 Å². The number of hydrogen-bond donors (Lipinski definition) is 1. The van der Waals surface area contributed by atoms with Crippen LogP contribution in [0.4, 0.5) is 0 Å². The summed E-state index contributed by atoms with van der Waals surface area (Å²) in [5.41, 5.74) is 2.77. The molecule has 0 saturated heterocycles. The lowest BCUT2D eigenvalue weighted by molar-refractivity contribution is 0.343. The van der Waals surface area contributed by atoms with Gasteiger partial charge in [0.05, 0.1) is 17.6 Å². The Balaban J connectivity index is 2.46. The SMILES string of the molecule is OCC=Cc1ccc2nccnc2c1. The van der Waals surface area contributed by atoms with E-state index in [1.807, 2.05) is 24.3 Å². The third-order valence-electron chi connectivity index (χ3n) is 1.91. The molecule has 0 aliphatic heterocycles. The van der Waals surface area contributed by atoms with Crippen LogP contribution >= 0.6 is 0 Å². The van der Waals surface area contributed by atoms with Crippen LogP contribution in [0.25, 0.3) is 17.1 Å². The molecule has 0 unspecified atom stereocenters. The lowest BCUT2D eigenvalue weighted by atomic mass is 10.2. The highest BCUT2D eigenvalue weighted by Crippen LogP contribution is 2.11. The third kappa shape index (κ3) is 1.78. The van der Waals surface area contributed by atoms with Crippen molar-refractivity contribution in [1.82, 2.24) is 9.97 Å². The smallest absolute Gasteiger partial charge is 0.0892 e. The second kappa shape index (κ2) is 3.98. The van der Waals surface area contributed by atoms with E-state index in [-0.39, 0.29) is 6.61 Å². The van der Waals surface area contributed by atoms with Crippen LogP contribution in [0.3, 0.4) is 0 Å². The molecule has 0 aliphatic rings. The molecule has 0 bridgehead atoms. The maximum atomic E-state index is 8.63. The minimum Gasteiger partial charge on any atom is -0.392 e. The maximum absolute atomic E-state index is 8.63. The first-order chi connectivity index (χ1) is 6.90. The first-order valence-electron chi connectivity index (χ1n) is 4.38. The zero-order chi connectivity index (χ0) is 9.80. The lowest BCUT2D eigenvalue weighted by Gasteiger charge is -1.96. The summed E-state index contributed by atoms with van der Waals surface area (Å²) in [5.74, 6) is 0. The minimum atomic E-state index is 0.0541. The fourth-order valence-corrected chi connectivity index (χ4v) is 1.27. The largest absolute Gasteiger partial charge is 0.392 e. The molecule has 2 rings (SSSR count). The van der Waals surface area contributed by atoms with Crippen molar-refractivity contribution >= 4 is 17.1 Å². The van der Waals surface area contributed by atoms with Crippen LogP contribution in [0.1, 0.15) is 5.56 Å². The van der Waals surface area contributed by atoms with Crippen molar-refractivity contribution in [1.29, 1.82) is 0 Å². The standard InChI is InChI=1S/C11H10N2O/c14-7-1-2-9-3-4-10-11(8-9)13-6-5-12-10/h1-6,8,14H,7H2. The number of fused-ring (bicyclic) bond motifs is 1. The lowest BCUT2D eigenvalue weighted by Crippen LogP contribution is -1.82. The molecule has 1 heterocycles. The molecule has 0 aliphatic carbocycles. The molecule has 0 amide bonds. The Labute approximate surface area is 81.8 Å². The summed E-state index contributed by atoms with van der Waals surface area (Å²) in [6.45, 7) is 0.0541. The summed E-state index contributed by atoms with van der Waals surface area (Å²) in [7, 11) is 0. The Kier molecular flexibility index (Phi) is 2.51. The summed E-state index contributed by atoms with van der Waals surface area (Å²) in [6.07, 6.45) is 6.89. The molecule has 70 valence electrons. The molecule has 0 fully saturated rings. The van der Waals surface area contributed by atoms with E-state index >= 15 is 0 Å². The van der Waals surface area contributed by atoms with Gasteiger partial charge in [-0.25, -0.2) is 0 Å². The molecule has 3 heteroatoms. The van der Waals surface area contributed by atoms with Crippen LogP contribution in [0, 0.1) is 0 Å². The molecule has 3 nitrogen and oxygen atoms in total. The van der Waals surface area contributed by atoms with Crippen LogP contribution in [-0.2, 0) is 0 Å². The highest BCUT2D eigenvalue weighted by atomic mass is 16.2. The van der Waals surface area contributed by atoms with Gasteiger partial charge in [0.15, 0.2) is 0 Å². The van der Waals surface area contributed by atoms with Gasteiger partial charge in [-0.3, -0.25) is 9.97 Å². The van der Waals surface area contributed by atoms with E-state index in [1.165, 1.54) is 0 Å². The molecule has 0 saturated carbocycles. The highest BCUT2D eigenvalue weighted by Gasteiger charge is 1.94. The maximum Gasteiger partial charge on any atom is 0.0892 e. The van der Waals surface area contributed by atoms with Gasteiger partial charge in [-0.1, -0.05) is 18.2 Å². The molecule has 1 aromatic carbocycles. The fourth-order valence-electron chi connectivity index (χ4n) is 1.27. The van der Waals surface area contributed by atoms with Gasteiger partial charge in [0.1, 0.15) is 0 Å². The van der Waals surface area contributed by atoms with E-state index in [1.54, 1.807) is 18.5 Å². The van der Waals surface area contributed by atoms with Gasteiger partial charge in [0.2, 0.25) is 0 Å². The van der Waals surface area contributed by atoms with Gasteiger partial charge in [-0.05, 0) is 17.7 Å². The zero-order valence-electron chi connectivity index (χ0n) is 7.59. The summed E-state index contributed by atoms with van der Waals surface area (Å²) in [4.78, 5) is 8.36. The van der Waals surface area contributed by atoms with E-state index in [0.29, 0.717) is 0 Å². The number of benzene rings is 1. The molecule has 14 heavy (non-hydrogen) atoms. The molecular formula is C11H10N2O. The van der Waals surface area contributed by atoms with Crippen molar-refractivity contribution in [3.8, 4) is 0 Å². The number of rotatable bonds is 2. The number of aliphatic hydroxyl groups is 1. The van der Waals surface area contributed by atoms with E-state index in [0.717, 1.165) is 16.6 Å². The average Bonchev–Trinajstić information content (AvgIpc) is 2.26. The van der Waals surface area contributed by atoms with Crippen LogP contribution in [0.2, 0.25) is 0 Å². The minimum absolute atomic E-state index is 0.0541. The molecule has 2 aromatic rings. The quantitative estimate of drug-likeness (QED) is 0.775. The number of aliphatic hydroxyl groups excluding tert-OH is 1. The van der Waals surface area contributed by atoms with Crippen molar-refractivity contribution in [2.75, 3.05) is 6.61 Å². The predicted octanol–water partition coefficient (Wildman–Crippen LogP) is 1.64. The monoisotopic (exact) mass is 186 g/mol. The van der Waals surface area contributed by atoms with E-state index in [2.05, 4.69) is 9.97 Å². The Hall–Kier alpha value is -1.74. The molecule has 1 N–H and O–H groups in total.